The van der Waals surface area contributed by atoms with E-state index in [1.54, 1.807) is 0 Å². The van der Waals surface area contributed by atoms with Gasteiger partial charge in [-0.25, -0.2) is 17.6 Å². The molecule has 1 rings (SSSR count). The molecule has 1 unspecified atom stereocenters. The molecule has 0 amide bonds. The van der Waals surface area contributed by atoms with Crippen LogP contribution in [-0.4, -0.2) is 9.96 Å². The molecular weight excluding hydrogens is 244 g/mol. The first-order chi connectivity index (χ1) is 7.45. The van der Waals surface area contributed by atoms with Crippen molar-refractivity contribution in [2.24, 2.45) is 0 Å². The molecule has 0 N–H and O–H groups in total. The summed E-state index contributed by atoms with van der Waals surface area (Å²) in [7, 11) is -2.07. The summed E-state index contributed by atoms with van der Waals surface area (Å²) in [5.41, 5.74) is -0.660. The van der Waals surface area contributed by atoms with E-state index in [4.69, 9.17) is 0 Å². The molecule has 0 aromatic heterocycles. The number of hydrogen-bond acceptors (Lipinski definition) is 1. The van der Waals surface area contributed by atoms with Gasteiger partial charge in [-0.15, -0.1) is 0 Å². The number of rotatable bonds is 3. The molecule has 0 saturated heterocycles. The quantitative estimate of drug-likeness (QED) is 0.598. The van der Waals surface area contributed by atoms with E-state index in [0.717, 1.165) is 0 Å². The van der Waals surface area contributed by atoms with Crippen molar-refractivity contribution in [1.82, 2.24) is 0 Å². The van der Waals surface area contributed by atoms with Crippen molar-refractivity contribution in [3.05, 3.63) is 28.8 Å². The van der Waals surface area contributed by atoms with E-state index in [0.29, 0.717) is 0 Å². The van der Waals surface area contributed by atoms with E-state index in [1.165, 1.54) is 13.8 Å². The summed E-state index contributed by atoms with van der Waals surface area (Å²) < 4.78 is 64.5. The van der Waals surface area contributed by atoms with E-state index in [2.05, 4.69) is 0 Å². The molecule has 1 nitrogen and oxygen atoms in total. The Bertz CT molecular complexity index is 416. The maximum Gasteiger partial charge on any atom is 0.178 e. The Morgan fingerprint density at radius 2 is 1.38 bits per heavy atom. The maximum absolute atomic E-state index is 13.4. The van der Waals surface area contributed by atoms with Crippen molar-refractivity contribution in [2.45, 2.75) is 25.2 Å². The highest BCUT2D eigenvalue weighted by atomic mass is 32.2. The Kier molecular flexibility index (Phi) is 4.07. The molecule has 0 aliphatic heterocycles. The normalized spacial score (nSPS) is 12.9. The number of benzene rings is 1. The van der Waals surface area contributed by atoms with Gasteiger partial charge in [0, 0.05) is 11.3 Å². The van der Waals surface area contributed by atoms with Gasteiger partial charge in [0.2, 0.25) is 0 Å². The molecule has 0 aliphatic carbocycles. The van der Waals surface area contributed by atoms with Crippen molar-refractivity contribution in [1.29, 1.82) is 0 Å². The molecule has 0 bridgehead atoms. The molecule has 0 fully saturated rings. The van der Waals surface area contributed by atoms with Crippen LogP contribution in [0, 0.1) is 23.3 Å². The fourth-order valence-electron chi connectivity index (χ4n) is 1.31. The lowest BCUT2D eigenvalue weighted by atomic mass is 10.1. The van der Waals surface area contributed by atoms with Crippen LogP contribution in [-0.2, 0) is 17.2 Å². The molecule has 0 spiro atoms. The molecule has 0 saturated carbocycles. The third-order valence-electron chi connectivity index (χ3n) is 2.16. The van der Waals surface area contributed by atoms with Crippen LogP contribution in [0.5, 0.6) is 0 Å². The highest BCUT2D eigenvalue weighted by molar-refractivity contribution is 7.85. The van der Waals surface area contributed by atoms with Gasteiger partial charge >= 0.3 is 0 Å². The Labute approximate surface area is 92.9 Å². The number of hydrogen-bond donors (Lipinski definition) is 0. The highest BCUT2D eigenvalue weighted by Gasteiger charge is 2.26. The molecule has 16 heavy (non-hydrogen) atoms. The molecule has 1 atom stereocenters. The minimum absolute atomic E-state index is 0.113. The second-order valence-corrected chi connectivity index (χ2v) is 4.73. The first-order valence-corrected chi connectivity index (χ1v) is 6.00. The van der Waals surface area contributed by atoms with Gasteiger partial charge in [-0.05, 0) is 6.42 Å². The monoisotopic (exact) mass is 254 g/mol. The van der Waals surface area contributed by atoms with Crippen LogP contribution in [0.25, 0.3) is 0 Å². The van der Waals surface area contributed by atoms with E-state index in [-0.39, 0.29) is 12.2 Å². The van der Waals surface area contributed by atoms with Gasteiger partial charge in [0.15, 0.2) is 23.3 Å². The summed E-state index contributed by atoms with van der Waals surface area (Å²) >= 11 is 0. The highest BCUT2D eigenvalue weighted by Crippen LogP contribution is 2.26. The SMILES string of the molecule is CCc1c(F)c(F)c(S(=O)CC)c(F)c1F. The van der Waals surface area contributed by atoms with Crippen LogP contribution < -0.4 is 0 Å². The van der Waals surface area contributed by atoms with Gasteiger partial charge < -0.3 is 0 Å². The second kappa shape index (κ2) is 4.95. The van der Waals surface area contributed by atoms with Crippen LogP contribution in [0.15, 0.2) is 4.90 Å². The lowest BCUT2D eigenvalue weighted by molar-refractivity contribution is 0.412. The zero-order valence-electron chi connectivity index (χ0n) is 8.74. The van der Waals surface area contributed by atoms with Gasteiger partial charge in [-0.1, -0.05) is 13.8 Å². The van der Waals surface area contributed by atoms with Gasteiger partial charge in [-0.2, -0.15) is 0 Å². The molecule has 0 heterocycles. The largest absolute Gasteiger partial charge is 0.254 e. The zero-order valence-corrected chi connectivity index (χ0v) is 9.56. The van der Waals surface area contributed by atoms with Crippen molar-refractivity contribution < 1.29 is 21.8 Å². The molecule has 90 valence electrons. The summed E-state index contributed by atoms with van der Waals surface area (Å²) in [5, 5.41) is 0. The summed E-state index contributed by atoms with van der Waals surface area (Å²) in [5.74, 6) is -6.15. The standard InChI is InChI=1S/C10H10F4OS/c1-3-5-6(11)8(13)10(16(15)4-2)9(14)7(5)12/h3-4H2,1-2H3. The fraction of sp³-hybridized carbons (Fsp3) is 0.400. The zero-order chi connectivity index (χ0) is 12.5. The molecule has 1 aromatic rings. The van der Waals surface area contributed by atoms with Gasteiger partial charge in [0.05, 0.1) is 10.8 Å². The average molecular weight is 254 g/mol. The Hall–Kier alpha value is -0.910. The van der Waals surface area contributed by atoms with E-state index in [9.17, 15) is 21.8 Å². The minimum atomic E-state index is -2.07. The maximum atomic E-state index is 13.4. The number of halogens is 4. The van der Waals surface area contributed by atoms with E-state index >= 15 is 0 Å². The van der Waals surface area contributed by atoms with Crippen molar-refractivity contribution in [2.75, 3.05) is 5.75 Å². The Balaban J connectivity index is 3.60. The van der Waals surface area contributed by atoms with Gasteiger partial charge in [0.25, 0.3) is 0 Å². The van der Waals surface area contributed by atoms with E-state index in [1.807, 2.05) is 0 Å². The molecule has 1 aromatic carbocycles. The summed E-state index contributed by atoms with van der Waals surface area (Å²) in [4.78, 5) is -1.02. The Morgan fingerprint density at radius 3 is 1.69 bits per heavy atom. The lowest BCUT2D eigenvalue weighted by Crippen LogP contribution is -2.10. The third kappa shape index (κ3) is 1.98. The summed E-state index contributed by atoms with van der Waals surface area (Å²) in [6, 6.07) is 0. The Morgan fingerprint density at radius 1 is 0.938 bits per heavy atom. The average Bonchev–Trinajstić information content (AvgIpc) is 2.27. The summed E-state index contributed by atoms with van der Waals surface area (Å²) in [6.07, 6.45) is -0.176. The van der Waals surface area contributed by atoms with Crippen LogP contribution in [0.1, 0.15) is 19.4 Å². The molecule has 0 radical (unpaired) electrons. The lowest BCUT2D eigenvalue weighted by Gasteiger charge is -2.09. The smallest absolute Gasteiger partial charge is 0.178 e. The predicted octanol–water partition coefficient (Wildman–Crippen LogP) is 2.93. The second-order valence-electron chi connectivity index (χ2n) is 3.05. The van der Waals surface area contributed by atoms with Crippen molar-refractivity contribution in [3.8, 4) is 0 Å². The molecule has 0 aliphatic rings. The topological polar surface area (TPSA) is 17.1 Å². The minimum Gasteiger partial charge on any atom is -0.254 e. The van der Waals surface area contributed by atoms with Gasteiger partial charge in [-0.3, -0.25) is 4.21 Å². The van der Waals surface area contributed by atoms with Crippen molar-refractivity contribution >= 4 is 10.8 Å². The first-order valence-electron chi connectivity index (χ1n) is 4.68. The van der Waals surface area contributed by atoms with E-state index < -0.39 is 44.5 Å². The summed E-state index contributed by atoms with van der Waals surface area (Å²) in [6.45, 7) is 2.77. The van der Waals surface area contributed by atoms with Crippen molar-refractivity contribution in [3.63, 3.8) is 0 Å². The van der Waals surface area contributed by atoms with Gasteiger partial charge in [0.1, 0.15) is 4.90 Å². The fourth-order valence-corrected chi connectivity index (χ4v) is 2.18. The molecule has 6 heteroatoms. The molecular formula is C10H10F4OS. The van der Waals surface area contributed by atoms with Crippen LogP contribution >= 0.6 is 0 Å². The first kappa shape index (κ1) is 13.2. The van der Waals surface area contributed by atoms with Crippen LogP contribution in [0.2, 0.25) is 0 Å². The third-order valence-corrected chi connectivity index (χ3v) is 3.50. The van der Waals surface area contributed by atoms with Crippen LogP contribution in [0.4, 0.5) is 17.6 Å². The van der Waals surface area contributed by atoms with Crippen LogP contribution in [0.3, 0.4) is 0 Å². The predicted molar refractivity (Wildman–Crippen MR) is 52.6 cm³/mol.